The smallest absolute Gasteiger partial charge is 0.151 e. The van der Waals surface area contributed by atoms with Crippen LogP contribution in [0.5, 0.6) is 0 Å². The lowest BCUT2D eigenvalue weighted by molar-refractivity contribution is 0.112. The van der Waals surface area contributed by atoms with E-state index >= 15 is 0 Å². The second-order valence-electron chi connectivity index (χ2n) is 4.54. The van der Waals surface area contributed by atoms with Crippen molar-refractivity contribution in [3.63, 3.8) is 0 Å². The van der Waals surface area contributed by atoms with Crippen molar-refractivity contribution >= 4 is 6.29 Å². The number of aromatic nitrogens is 1. The normalized spacial score (nSPS) is 25.1. The molecule has 0 aliphatic heterocycles. The fraction of sp³-hybridized carbons (Fsp3) is 0.583. The first-order chi connectivity index (χ1) is 6.63. The molecular weight excluding hydrogens is 174 g/mol. The molecule has 1 aliphatic carbocycles. The Labute approximate surface area is 84.9 Å². The molecule has 2 rings (SSSR count). The van der Waals surface area contributed by atoms with Crippen LogP contribution in [0.2, 0.25) is 0 Å². The van der Waals surface area contributed by atoms with Gasteiger partial charge in [0.2, 0.25) is 0 Å². The summed E-state index contributed by atoms with van der Waals surface area (Å²) >= 11 is 0. The molecule has 0 amide bonds. The molecule has 14 heavy (non-hydrogen) atoms. The zero-order valence-corrected chi connectivity index (χ0v) is 9.08. The number of carbonyl (C=O) groups excluding carboxylic acids is 1. The van der Waals surface area contributed by atoms with E-state index in [2.05, 4.69) is 18.4 Å². The van der Waals surface area contributed by atoms with E-state index in [0.717, 1.165) is 35.8 Å². The monoisotopic (exact) mass is 191 g/mol. The molecule has 0 aromatic carbocycles. The molecule has 0 N–H and O–H groups in total. The Hall–Kier alpha value is -1.05. The summed E-state index contributed by atoms with van der Waals surface area (Å²) in [6.07, 6.45) is 4.28. The number of carbonyl (C=O) groups is 1. The van der Waals surface area contributed by atoms with Gasteiger partial charge in [0.15, 0.2) is 6.29 Å². The van der Waals surface area contributed by atoms with Crippen LogP contribution < -0.4 is 0 Å². The molecule has 1 fully saturated rings. The molecule has 0 unspecified atom stereocenters. The fourth-order valence-electron chi connectivity index (χ4n) is 2.00. The van der Waals surface area contributed by atoms with E-state index in [4.69, 9.17) is 0 Å². The van der Waals surface area contributed by atoms with E-state index in [0.29, 0.717) is 0 Å². The van der Waals surface area contributed by atoms with Crippen LogP contribution in [0.15, 0.2) is 6.20 Å². The number of hydrogen-bond donors (Lipinski definition) is 0. The largest absolute Gasteiger partial charge is 0.350 e. The fourth-order valence-corrected chi connectivity index (χ4v) is 2.00. The Morgan fingerprint density at radius 1 is 1.57 bits per heavy atom. The summed E-state index contributed by atoms with van der Waals surface area (Å²) in [5.74, 6) is 1.71. The number of hydrogen-bond acceptors (Lipinski definition) is 1. The highest BCUT2D eigenvalue weighted by Crippen LogP contribution is 2.39. The molecule has 1 aliphatic rings. The summed E-state index contributed by atoms with van der Waals surface area (Å²) in [4.78, 5) is 10.7. The van der Waals surface area contributed by atoms with Gasteiger partial charge in [0.1, 0.15) is 0 Å². The maximum Gasteiger partial charge on any atom is 0.151 e. The molecule has 0 bridgehead atoms. The first-order valence-electron chi connectivity index (χ1n) is 5.25. The van der Waals surface area contributed by atoms with E-state index in [1.807, 2.05) is 13.1 Å². The minimum absolute atomic E-state index is 0.833. The van der Waals surface area contributed by atoms with Crippen molar-refractivity contribution in [3.05, 3.63) is 23.0 Å². The minimum Gasteiger partial charge on any atom is -0.350 e. The zero-order valence-electron chi connectivity index (χ0n) is 9.08. The number of aldehydes is 1. The van der Waals surface area contributed by atoms with Crippen molar-refractivity contribution in [3.8, 4) is 0 Å². The summed E-state index contributed by atoms with van der Waals surface area (Å²) in [6.45, 7) is 7.49. The van der Waals surface area contributed by atoms with Gasteiger partial charge in [0.05, 0.1) is 0 Å². The van der Waals surface area contributed by atoms with Gasteiger partial charge in [-0.2, -0.15) is 0 Å². The first kappa shape index (κ1) is 9.50. The van der Waals surface area contributed by atoms with Crippen molar-refractivity contribution < 1.29 is 4.79 Å². The molecule has 2 atom stereocenters. The van der Waals surface area contributed by atoms with Crippen molar-refractivity contribution in [2.45, 2.75) is 33.7 Å². The van der Waals surface area contributed by atoms with Gasteiger partial charge in [0.25, 0.3) is 0 Å². The Morgan fingerprint density at radius 3 is 2.64 bits per heavy atom. The van der Waals surface area contributed by atoms with Crippen LogP contribution in [-0.2, 0) is 6.54 Å². The summed E-state index contributed by atoms with van der Waals surface area (Å²) in [7, 11) is 0. The lowest BCUT2D eigenvalue weighted by Crippen LogP contribution is -2.01. The highest BCUT2D eigenvalue weighted by Gasteiger charge is 2.32. The average Bonchev–Trinajstić information content (AvgIpc) is 2.79. The molecule has 76 valence electrons. The first-order valence-corrected chi connectivity index (χ1v) is 5.25. The Kier molecular flexibility index (Phi) is 2.22. The van der Waals surface area contributed by atoms with E-state index in [-0.39, 0.29) is 0 Å². The SMILES string of the molecule is Cc1c(C=O)cn(C[C@H]2C[C@@H]2C)c1C. The third-order valence-corrected chi connectivity index (χ3v) is 3.54. The van der Waals surface area contributed by atoms with Crippen LogP contribution >= 0.6 is 0 Å². The van der Waals surface area contributed by atoms with Crippen molar-refractivity contribution in [1.82, 2.24) is 4.57 Å². The maximum atomic E-state index is 10.7. The van der Waals surface area contributed by atoms with Gasteiger partial charge in [-0.1, -0.05) is 6.92 Å². The molecule has 0 radical (unpaired) electrons. The van der Waals surface area contributed by atoms with Crippen molar-refractivity contribution in [2.24, 2.45) is 11.8 Å². The average molecular weight is 191 g/mol. The van der Waals surface area contributed by atoms with E-state index < -0.39 is 0 Å². The molecule has 2 heteroatoms. The van der Waals surface area contributed by atoms with Gasteiger partial charge in [-0.25, -0.2) is 0 Å². The van der Waals surface area contributed by atoms with Gasteiger partial charge >= 0.3 is 0 Å². The lowest BCUT2D eigenvalue weighted by atomic mass is 10.2. The van der Waals surface area contributed by atoms with Crippen LogP contribution in [-0.4, -0.2) is 10.9 Å². The Balaban J connectivity index is 2.20. The quantitative estimate of drug-likeness (QED) is 0.673. The zero-order chi connectivity index (χ0) is 10.3. The van der Waals surface area contributed by atoms with Crippen molar-refractivity contribution in [2.75, 3.05) is 0 Å². The molecular formula is C12H17NO. The van der Waals surface area contributed by atoms with Gasteiger partial charge in [0, 0.05) is 24.0 Å². The minimum atomic E-state index is 0.833. The lowest BCUT2D eigenvalue weighted by Gasteiger charge is -2.04. The molecule has 2 nitrogen and oxygen atoms in total. The summed E-state index contributed by atoms with van der Waals surface area (Å²) in [5, 5.41) is 0. The van der Waals surface area contributed by atoms with Crippen LogP contribution in [0.3, 0.4) is 0 Å². The van der Waals surface area contributed by atoms with Crippen LogP contribution in [0, 0.1) is 25.7 Å². The molecule has 1 aromatic heterocycles. The van der Waals surface area contributed by atoms with Gasteiger partial charge in [-0.3, -0.25) is 4.79 Å². The molecule has 0 spiro atoms. The second-order valence-corrected chi connectivity index (χ2v) is 4.54. The molecule has 1 aromatic rings. The number of rotatable bonds is 3. The van der Waals surface area contributed by atoms with Crippen LogP contribution in [0.25, 0.3) is 0 Å². The molecule has 0 saturated heterocycles. The standard InChI is InChI=1S/C12H17NO/c1-8-4-11(8)5-13-6-12(7-14)9(2)10(13)3/h6-8,11H,4-5H2,1-3H3/t8-,11+/m0/s1. The predicted octanol–water partition coefficient (Wildman–Crippen LogP) is 2.57. The summed E-state index contributed by atoms with van der Waals surface area (Å²) in [5.41, 5.74) is 3.22. The topological polar surface area (TPSA) is 22.0 Å². The van der Waals surface area contributed by atoms with Gasteiger partial charge in [-0.15, -0.1) is 0 Å². The Morgan fingerprint density at radius 2 is 2.21 bits per heavy atom. The summed E-state index contributed by atoms with van der Waals surface area (Å²) < 4.78 is 2.23. The molecule has 1 heterocycles. The third-order valence-electron chi connectivity index (χ3n) is 3.54. The van der Waals surface area contributed by atoms with E-state index in [1.54, 1.807) is 0 Å². The van der Waals surface area contributed by atoms with Gasteiger partial charge < -0.3 is 4.57 Å². The Bertz CT molecular complexity index is 365. The van der Waals surface area contributed by atoms with E-state index in [9.17, 15) is 4.79 Å². The predicted molar refractivity (Wildman–Crippen MR) is 56.6 cm³/mol. The van der Waals surface area contributed by atoms with Crippen molar-refractivity contribution in [1.29, 1.82) is 0 Å². The molecule has 1 saturated carbocycles. The van der Waals surface area contributed by atoms with Crippen LogP contribution in [0.4, 0.5) is 0 Å². The maximum absolute atomic E-state index is 10.7. The number of nitrogens with zero attached hydrogens (tertiary/aromatic N) is 1. The highest BCUT2D eigenvalue weighted by atomic mass is 16.1. The third kappa shape index (κ3) is 1.49. The highest BCUT2D eigenvalue weighted by molar-refractivity contribution is 5.77. The summed E-state index contributed by atoms with van der Waals surface area (Å²) in [6, 6.07) is 0. The van der Waals surface area contributed by atoms with Crippen LogP contribution in [0.1, 0.15) is 35.0 Å². The van der Waals surface area contributed by atoms with E-state index in [1.165, 1.54) is 12.1 Å². The second kappa shape index (κ2) is 3.26. The van der Waals surface area contributed by atoms with Gasteiger partial charge in [-0.05, 0) is 37.7 Å².